The third kappa shape index (κ3) is 7.39. The number of hydrogen-bond acceptors (Lipinski definition) is 2. The lowest BCUT2D eigenvalue weighted by molar-refractivity contribution is -0.121. The number of carbonyl (C=O) groups excluding carboxylic acids is 1. The molecular weight excluding hydrogens is 272 g/mol. The zero-order valence-corrected chi connectivity index (χ0v) is 14.3. The van der Waals surface area contributed by atoms with E-state index in [1.807, 2.05) is 6.92 Å². The maximum absolute atomic E-state index is 11.7. The summed E-state index contributed by atoms with van der Waals surface area (Å²) in [7, 11) is 0. The van der Waals surface area contributed by atoms with Crippen LogP contribution in [0.1, 0.15) is 76.8 Å². The van der Waals surface area contributed by atoms with E-state index in [1.165, 1.54) is 24.8 Å². The minimum atomic E-state index is 0.0125. The summed E-state index contributed by atoms with van der Waals surface area (Å²) >= 11 is 0. The summed E-state index contributed by atoms with van der Waals surface area (Å²) in [5, 5.41) is 4.20. The maximum Gasteiger partial charge on any atom is 0.240 e. The van der Waals surface area contributed by atoms with Crippen LogP contribution in [0.2, 0.25) is 0 Å². The third-order valence-corrected chi connectivity index (χ3v) is 3.77. The highest BCUT2D eigenvalue weighted by Crippen LogP contribution is 2.08. The number of aryl methyl sites for hydroxylation is 1. The number of rotatable bonds is 10. The first-order valence-corrected chi connectivity index (χ1v) is 8.59. The molecule has 0 aliphatic rings. The van der Waals surface area contributed by atoms with Gasteiger partial charge in [0.1, 0.15) is 0 Å². The molecule has 22 heavy (non-hydrogen) atoms. The van der Waals surface area contributed by atoms with E-state index in [0.717, 1.165) is 37.0 Å². The van der Waals surface area contributed by atoms with Gasteiger partial charge < -0.3 is 0 Å². The molecule has 0 atom stereocenters. The quantitative estimate of drug-likeness (QED) is 0.375. The number of nitrogens with one attached hydrogen (secondary N) is 1. The van der Waals surface area contributed by atoms with Crippen molar-refractivity contribution < 1.29 is 4.79 Å². The Kier molecular flexibility index (Phi) is 9.20. The summed E-state index contributed by atoms with van der Waals surface area (Å²) in [6.45, 7) is 6.30. The summed E-state index contributed by atoms with van der Waals surface area (Å²) in [4.78, 5) is 11.7. The van der Waals surface area contributed by atoms with Crippen molar-refractivity contribution in [3.63, 3.8) is 0 Å². The fraction of sp³-hybridized carbons (Fsp3) is 0.579. The van der Waals surface area contributed by atoms with Crippen LogP contribution in [0.4, 0.5) is 0 Å². The predicted octanol–water partition coefficient (Wildman–Crippen LogP) is 4.84. The van der Waals surface area contributed by atoms with Crippen molar-refractivity contribution in [1.82, 2.24) is 5.43 Å². The predicted molar refractivity (Wildman–Crippen MR) is 94.2 cm³/mol. The van der Waals surface area contributed by atoms with Crippen LogP contribution in [0.5, 0.6) is 0 Å². The van der Waals surface area contributed by atoms with Gasteiger partial charge in [0.05, 0.1) is 5.71 Å². The van der Waals surface area contributed by atoms with E-state index in [-0.39, 0.29) is 5.91 Å². The molecule has 1 aromatic carbocycles. The first-order chi connectivity index (χ1) is 10.7. The van der Waals surface area contributed by atoms with Crippen LogP contribution >= 0.6 is 0 Å². The normalized spacial score (nSPS) is 11.5. The SMILES string of the molecule is CCCCCCCC(=O)N/N=C(\C)c1ccc(CCC)cc1. The van der Waals surface area contributed by atoms with Crippen LogP contribution in [-0.4, -0.2) is 11.6 Å². The largest absolute Gasteiger partial charge is 0.273 e. The van der Waals surface area contributed by atoms with E-state index in [4.69, 9.17) is 0 Å². The van der Waals surface area contributed by atoms with Gasteiger partial charge in [-0.25, -0.2) is 5.43 Å². The fourth-order valence-electron chi connectivity index (χ4n) is 2.36. The number of hydrazone groups is 1. The molecule has 0 aromatic heterocycles. The molecule has 0 bridgehead atoms. The van der Waals surface area contributed by atoms with Crippen molar-refractivity contribution in [2.24, 2.45) is 5.10 Å². The third-order valence-electron chi connectivity index (χ3n) is 3.77. The van der Waals surface area contributed by atoms with E-state index in [0.29, 0.717) is 6.42 Å². The van der Waals surface area contributed by atoms with Crippen molar-refractivity contribution in [3.8, 4) is 0 Å². The zero-order valence-electron chi connectivity index (χ0n) is 14.3. The first-order valence-electron chi connectivity index (χ1n) is 8.59. The minimum Gasteiger partial charge on any atom is -0.273 e. The molecule has 1 N–H and O–H groups in total. The molecule has 1 amide bonds. The molecule has 0 spiro atoms. The van der Waals surface area contributed by atoms with Crippen molar-refractivity contribution in [3.05, 3.63) is 35.4 Å². The van der Waals surface area contributed by atoms with Gasteiger partial charge in [-0.2, -0.15) is 5.10 Å². The Morgan fingerprint density at radius 1 is 1.00 bits per heavy atom. The van der Waals surface area contributed by atoms with E-state index in [2.05, 4.69) is 48.6 Å². The molecule has 0 saturated heterocycles. The standard InChI is InChI=1S/C19H30N2O/c1-4-6-7-8-9-11-19(22)21-20-16(3)18-14-12-17(10-5-2)13-15-18/h12-15H,4-11H2,1-3H3,(H,21,22)/b20-16+. The van der Waals surface area contributed by atoms with E-state index >= 15 is 0 Å². The highest BCUT2D eigenvalue weighted by atomic mass is 16.2. The van der Waals surface area contributed by atoms with Gasteiger partial charge in [-0.15, -0.1) is 0 Å². The van der Waals surface area contributed by atoms with E-state index in [9.17, 15) is 4.79 Å². The van der Waals surface area contributed by atoms with Gasteiger partial charge in [-0.1, -0.05) is 70.2 Å². The topological polar surface area (TPSA) is 41.5 Å². The molecule has 122 valence electrons. The van der Waals surface area contributed by atoms with Gasteiger partial charge in [0, 0.05) is 6.42 Å². The Bertz CT molecular complexity index is 463. The van der Waals surface area contributed by atoms with Gasteiger partial charge in [-0.05, 0) is 30.9 Å². The smallest absolute Gasteiger partial charge is 0.240 e. The lowest BCUT2D eigenvalue weighted by Crippen LogP contribution is -2.18. The van der Waals surface area contributed by atoms with Crippen molar-refractivity contribution in [2.75, 3.05) is 0 Å². The molecule has 0 heterocycles. The second-order valence-electron chi connectivity index (χ2n) is 5.84. The number of hydrogen-bond donors (Lipinski definition) is 1. The average molecular weight is 302 g/mol. The first kappa shape index (κ1) is 18.4. The van der Waals surface area contributed by atoms with Crippen LogP contribution in [-0.2, 0) is 11.2 Å². The summed E-state index contributed by atoms with van der Waals surface area (Å²) < 4.78 is 0. The van der Waals surface area contributed by atoms with Gasteiger partial charge in [-0.3, -0.25) is 4.79 Å². The molecule has 0 fully saturated rings. The van der Waals surface area contributed by atoms with Gasteiger partial charge in [0.2, 0.25) is 5.91 Å². The van der Waals surface area contributed by atoms with Crippen LogP contribution in [0.25, 0.3) is 0 Å². The number of unbranched alkanes of at least 4 members (excludes halogenated alkanes) is 4. The number of carbonyl (C=O) groups is 1. The van der Waals surface area contributed by atoms with Gasteiger partial charge in [0.15, 0.2) is 0 Å². The molecule has 3 nitrogen and oxygen atoms in total. The molecule has 1 aromatic rings. The Morgan fingerprint density at radius 2 is 1.68 bits per heavy atom. The number of nitrogens with zero attached hydrogens (tertiary/aromatic N) is 1. The molecule has 0 saturated carbocycles. The van der Waals surface area contributed by atoms with Crippen LogP contribution in [0.3, 0.4) is 0 Å². The lowest BCUT2D eigenvalue weighted by Gasteiger charge is -2.04. The molecule has 0 radical (unpaired) electrons. The summed E-state index contributed by atoms with van der Waals surface area (Å²) in [5.41, 5.74) is 5.91. The van der Waals surface area contributed by atoms with Crippen LogP contribution < -0.4 is 5.43 Å². The molecule has 3 heteroatoms. The summed E-state index contributed by atoms with van der Waals surface area (Å²) in [6, 6.07) is 8.41. The van der Waals surface area contributed by atoms with Gasteiger partial charge in [0.25, 0.3) is 0 Å². The Balaban J connectivity index is 2.36. The summed E-state index contributed by atoms with van der Waals surface area (Å²) in [6.07, 6.45) is 8.60. The molecule has 0 unspecified atom stereocenters. The van der Waals surface area contributed by atoms with Crippen LogP contribution in [0.15, 0.2) is 29.4 Å². The van der Waals surface area contributed by atoms with Crippen molar-refractivity contribution in [2.45, 2.75) is 72.1 Å². The van der Waals surface area contributed by atoms with Crippen molar-refractivity contribution >= 4 is 11.6 Å². The highest BCUT2D eigenvalue weighted by Gasteiger charge is 2.02. The van der Waals surface area contributed by atoms with Gasteiger partial charge >= 0.3 is 0 Å². The maximum atomic E-state index is 11.7. The second kappa shape index (κ2) is 11.0. The average Bonchev–Trinajstić information content (AvgIpc) is 2.53. The van der Waals surface area contributed by atoms with E-state index in [1.54, 1.807) is 0 Å². The van der Waals surface area contributed by atoms with Crippen molar-refractivity contribution in [1.29, 1.82) is 0 Å². The lowest BCUT2D eigenvalue weighted by atomic mass is 10.1. The highest BCUT2D eigenvalue weighted by molar-refractivity contribution is 5.99. The fourth-order valence-corrected chi connectivity index (χ4v) is 2.36. The van der Waals surface area contributed by atoms with Crippen LogP contribution in [0, 0.1) is 0 Å². The summed E-state index contributed by atoms with van der Waals surface area (Å²) in [5.74, 6) is 0.0125. The minimum absolute atomic E-state index is 0.0125. The Labute approximate surface area is 135 Å². The second-order valence-corrected chi connectivity index (χ2v) is 5.84. The molecular formula is C19H30N2O. The molecule has 0 aliphatic carbocycles. The molecule has 1 rings (SSSR count). The Morgan fingerprint density at radius 3 is 2.32 bits per heavy atom. The number of benzene rings is 1. The van der Waals surface area contributed by atoms with E-state index < -0.39 is 0 Å². The zero-order chi connectivity index (χ0) is 16.2. The number of amides is 1. The Hall–Kier alpha value is -1.64. The molecule has 0 aliphatic heterocycles. The monoisotopic (exact) mass is 302 g/mol.